The molecule has 1 heterocycles. The van der Waals surface area contributed by atoms with Crippen molar-refractivity contribution < 1.29 is 18.7 Å². The molecule has 1 aromatic heterocycles. The van der Waals surface area contributed by atoms with Crippen molar-refractivity contribution in [1.82, 2.24) is 9.78 Å². The van der Waals surface area contributed by atoms with Crippen molar-refractivity contribution >= 4 is 5.97 Å². The third kappa shape index (κ3) is 2.29. The van der Waals surface area contributed by atoms with Crippen LogP contribution < -0.4 is 5.43 Å². The normalized spacial score (nSPS) is 10.6. The Morgan fingerprint density at radius 2 is 1.95 bits per heavy atom. The zero-order valence-electron chi connectivity index (χ0n) is 10.4. The maximum Gasteiger partial charge on any atom is 0.360 e. The maximum absolute atomic E-state index is 13.7. The third-order valence-corrected chi connectivity index (χ3v) is 2.74. The molecule has 20 heavy (non-hydrogen) atoms. The standard InChI is InChI=1S/C13H10F2N2O3/c1-2-7-6-17(16-10(12(7)18)13(19)20)11-8(14)4-3-5-9(11)15/h3-6H,2H2,1H3,(H,19,20). The van der Waals surface area contributed by atoms with E-state index in [1.165, 1.54) is 6.07 Å². The largest absolute Gasteiger partial charge is 0.476 e. The molecule has 0 amide bonds. The predicted octanol–water partition coefficient (Wildman–Crippen LogP) is 1.77. The lowest BCUT2D eigenvalue weighted by Crippen LogP contribution is -2.25. The molecule has 0 fully saturated rings. The Bertz CT molecular complexity index is 721. The molecule has 1 aromatic carbocycles. The molecular weight excluding hydrogens is 270 g/mol. The van der Waals surface area contributed by atoms with Gasteiger partial charge in [0.15, 0.2) is 11.6 Å². The number of carbonyl (C=O) groups is 1. The lowest BCUT2D eigenvalue weighted by Gasteiger charge is -2.10. The first-order valence-corrected chi connectivity index (χ1v) is 5.76. The lowest BCUT2D eigenvalue weighted by molar-refractivity contribution is 0.0686. The molecule has 104 valence electrons. The van der Waals surface area contributed by atoms with Crippen LogP contribution in [0.2, 0.25) is 0 Å². The van der Waals surface area contributed by atoms with Gasteiger partial charge in [-0.25, -0.2) is 18.3 Å². The third-order valence-electron chi connectivity index (χ3n) is 2.74. The molecule has 2 aromatic rings. The summed E-state index contributed by atoms with van der Waals surface area (Å²) in [5.74, 6) is -3.35. The molecule has 0 aliphatic carbocycles. The van der Waals surface area contributed by atoms with Crippen LogP contribution in [0.1, 0.15) is 23.0 Å². The van der Waals surface area contributed by atoms with Gasteiger partial charge in [-0.3, -0.25) is 4.79 Å². The lowest BCUT2D eigenvalue weighted by atomic mass is 10.2. The molecule has 1 N–H and O–H groups in total. The Hall–Kier alpha value is -2.57. The Kier molecular flexibility index (Phi) is 3.60. The Morgan fingerprint density at radius 1 is 1.35 bits per heavy atom. The van der Waals surface area contributed by atoms with Gasteiger partial charge in [-0.2, -0.15) is 5.10 Å². The fourth-order valence-electron chi connectivity index (χ4n) is 1.75. The van der Waals surface area contributed by atoms with Crippen LogP contribution in [0.4, 0.5) is 8.78 Å². The van der Waals surface area contributed by atoms with Gasteiger partial charge < -0.3 is 5.11 Å². The van der Waals surface area contributed by atoms with Crippen molar-refractivity contribution in [2.24, 2.45) is 0 Å². The summed E-state index contributed by atoms with van der Waals surface area (Å²) in [6.45, 7) is 1.63. The highest BCUT2D eigenvalue weighted by Gasteiger charge is 2.18. The minimum Gasteiger partial charge on any atom is -0.476 e. The van der Waals surface area contributed by atoms with Gasteiger partial charge in [-0.05, 0) is 18.6 Å². The summed E-state index contributed by atoms with van der Waals surface area (Å²) in [6.07, 6.45) is 1.36. The summed E-state index contributed by atoms with van der Waals surface area (Å²) < 4.78 is 28.1. The van der Waals surface area contributed by atoms with Crippen molar-refractivity contribution in [1.29, 1.82) is 0 Å². The number of hydrogen-bond acceptors (Lipinski definition) is 3. The summed E-state index contributed by atoms with van der Waals surface area (Å²) in [4.78, 5) is 22.7. The fraction of sp³-hybridized carbons (Fsp3) is 0.154. The van der Waals surface area contributed by atoms with Gasteiger partial charge in [0, 0.05) is 11.8 Å². The molecule has 0 saturated heterocycles. The van der Waals surface area contributed by atoms with Crippen LogP contribution in [0.25, 0.3) is 5.69 Å². The molecule has 2 rings (SSSR count). The highest BCUT2D eigenvalue weighted by molar-refractivity contribution is 5.85. The van der Waals surface area contributed by atoms with Crippen molar-refractivity contribution in [2.45, 2.75) is 13.3 Å². The molecule has 0 aliphatic rings. The maximum atomic E-state index is 13.7. The van der Waals surface area contributed by atoms with Crippen LogP contribution >= 0.6 is 0 Å². The highest BCUT2D eigenvalue weighted by atomic mass is 19.1. The van der Waals surface area contributed by atoms with Crippen molar-refractivity contribution in [3.8, 4) is 5.69 Å². The minimum absolute atomic E-state index is 0.111. The van der Waals surface area contributed by atoms with E-state index in [9.17, 15) is 18.4 Å². The average molecular weight is 280 g/mol. The van der Waals surface area contributed by atoms with E-state index in [2.05, 4.69) is 5.10 Å². The summed E-state index contributed by atoms with van der Waals surface area (Å²) in [5.41, 5.74) is -1.94. The van der Waals surface area contributed by atoms with E-state index in [4.69, 9.17) is 5.11 Å². The van der Waals surface area contributed by atoms with E-state index in [1.807, 2.05) is 0 Å². The number of carboxylic acid groups (broad SMARTS) is 1. The second-order valence-corrected chi connectivity index (χ2v) is 4.01. The first kappa shape index (κ1) is 13.9. The van der Waals surface area contributed by atoms with Crippen LogP contribution in [0.15, 0.2) is 29.2 Å². The number of benzene rings is 1. The van der Waals surface area contributed by atoms with Gasteiger partial charge in [-0.1, -0.05) is 13.0 Å². The minimum atomic E-state index is -1.55. The van der Waals surface area contributed by atoms with Gasteiger partial charge >= 0.3 is 5.97 Å². The monoisotopic (exact) mass is 280 g/mol. The van der Waals surface area contributed by atoms with Gasteiger partial charge in [0.2, 0.25) is 11.1 Å². The topological polar surface area (TPSA) is 72.2 Å². The highest BCUT2D eigenvalue weighted by Crippen LogP contribution is 2.16. The smallest absolute Gasteiger partial charge is 0.360 e. The molecule has 5 nitrogen and oxygen atoms in total. The molecule has 0 bridgehead atoms. The van der Waals surface area contributed by atoms with Crippen LogP contribution in [0, 0.1) is 11.6 Å². The van der Waals surface area contributed by atoms with Crippen LogP contribution in [-0.4, -0.2) is 20.9 Å². The van der Waals surface area contributed by atoms with Gasteiger partial charge in [0.05, 0.1) is 0 Å². The quantitative estimate of drug-likeness (QED) is 0.930. The second kappa shape index (κ2) is 5.20. The summed E-state index contributed by atoms with van der Waals surface area (Å²) in [6, 6.07) is 3.21. The zero-order chi connectivity index (χ0) is 14.9. The number of halogens is 2. The fourth-order valence-corrected chi connectivity index (χ4v) is 1.75. The van der Waals surface area contributed by atoms with E-state index < -0.39 is 34.4 Å². The van der Waals surface area contributed by atoms with E-state index in [-0.39, 0.29) is 12.0 Å². The average Bonchev–Trinajstić information content (AvgIpc) is 2.39. The first-order chi connectivity index (χ1) is 9.45. The van der Waals surface area contributed by atoms with E-state index >= 15 is 0 Å². The van der Waals surface area contributed by atoms with E-state index in [0.717, 1.165) is 23.0 Å². The molecule has 0 aliphatic heterocycles. The van der Waals surface area contributed by atoms with Crippen molar-refractivity contribution in [3.63, 3.8) is 0 Å². The number of aromatic carboxylic acids is 1. The number of rotatable bonds is 3. The van der Waals surface area contributed by atoms with E-state index in [1.54, 1.807) is 6.92 Å². The summed E-state index contributed by atoms with van der Waals surface area (Å²) >= 11 is 0. The van der Waals surface area contributed by atoms with Crippen molar-refractivity contribution in [2.75, 3.05) is 0 Å². The number of aryl methyl sites for hydroxylation is 1. The Balaban J connectivity index is 2.79. The molecule has 7 heteroatoms. The zero-order valence-corrected chi connectivity index (χ0v) is 10.4. The number of hydrogen-bond donors (Lipinski definition) is 1. The number of carboxylic acids is 1. The van der Waals surface area contributed by atoms with Crippen LogP contribution in [0.5, 0.6) is 0 Å². The molecule has 0 spiro atoms. The van der Waals surface area contributed by atoms with E-state index in [0.29, 0.717) is 0 Å². The van der Waals surface area contributed by atoms with Gasteiger partial charge in [0.1, 0.15) is 5.69 Å². The van der Waals surface area contributed by atoms with Gasteiger partial charge in [0.25, 0.3) is 0 Å². The molecule has 0 saturated carbocycles. The first-order valence-electron chi connectivity index (χ1n) is 5.76. The van der Waals surface area contributed by atoms with Crippen LogP contribution in [-0.2, 0) is 6.42 Å². The predicted molar refractivity (Wildman–Crippen MR) is 66.1 cm³/mol. The van der Waals surface area contributed by atoms with Crippen LogP contribution in [0.3, 0.4) is 0 Å². The molecule has 0 unspecified atom stereocenters. The second-order valence-electron chi connectivity index (χ2n) is 4.01. The van der Waals surface area contributed by atoms with Crippen molar-refractivity contribution in [3.05, 3.63) is 57.5 Å². The number of nitrogens with zero attached hydrogens (tertiary/aromatic N) is 2. The SMILES string of the molecule is CCc1cn(-c2c(F)cccc2F)nc(C(=O)O)c1=O. The van der Waals surface area contributed by atoms with Gasteiger partial charge in [-0.15, -0.1) is 0 Å². The molecular formula is C13H10F2N2O3. The summed E-state index contributed by atoms with van der Waals surface area (Å²) in [5, 5.41) is 12.4. The summed E-state index contributed by atoms with van der Waals surface area (Å²) in [7, 11) is 0. The number of aromatic nitrogens is 2. The molecule has 0 atom stereocenters. The molecule has 0 radical (unpaired) electrons. The Morgan fingerprint density at radius 3 is 2.45 bits per heavy atom. The Labute approximate surface area is 112 Å². The number of para-hydroxylation sites is 1.